The minimum absolute atomic E-state index is 0.185. The van der Waals surface area contributed by atoms with Gasteiger partial charge in [-0.15, -0.1) is 0 Å². The van der Waals surface area contributed by atoms with Crippen LogP contribution in [0.5, 0.6) is 5.75 Å². The number of nitrogens with zero attached hydrogens (tertiary/aromatic N) is 1. The molecule has 0 saturated carbocycles. The van der Waals surface area contributed by atoms with Crippen molar-refractivity contribution < 1.29 is 36.2 Å². The molecule has 172 valence electrons. The van der Waals surface area contributed by atoms with Crippen LogP contribution in [-0.2, 0) is 27.8 Å². The number of ether oxygens (including phenoxy) is 1. The molecule has 7 nitrogen and oxygen atoms in total. The summed E-state index contributed by atoms with van der Waals surface area (Å²) in [6, 6.07) is 11.0. The zero-order chi connectivity index (χ0) is 23.7. The van der Waals surface area contributed by atoms with E-state index in [1.165, 1.54) is 11.1 Å². The van der Waals surface area contributed by atoms with Crippen LogP contribution in [0.25, 0.3) is 10.9 Å². The Morgan fingerprint density at radius 2 is 1.88 bits per heavy atom. The summed E-state index contributed by atoms with van der Waals surface area (Å²) >= 11 is 0. The van der Waals surface area contributed by atoms with E-state index >= 15 is 0 Å². The number of aromatic nitrogens is 1. The summed E-state index contributed by atoms with van der Waals surface area (Å²) < 4.78 is 65.2. The van der Waals surface area contributed by atoms with Gasteiger partial charge >= 0.3 is 12.1 Å². The van der Waals surface area contributed by atoms with Crippen molar-refractivity contribution in [2.75, 3.05) is 13.7 Å². The molecule has 1 aliphatic heterocycles. The van der Waals surface area contributed by atoms with Crippen LogP contribution in [0.2, 0.25) is 0 Å². The molecular weight excluding hydrogens is 449 g/mol. The number of carbonyl (C=O) groups is 1. The predicted octanol–water partition coefficient (Wildman–Crippen LogP) is 3.47. The van der Waals surface area contributed by atoms with Gasteiger partial charge in [-0.2, -0.15) is 13.2 Å². The zero-order valence-corrected chi connectivity index (χ0v) is 18.0. The van der Waals surface area contributed by atoms with Crippen molar-refractivity contribution >= 4 is 26.9 Å². The summed E-state index contributed by atoms with van der Waals surface area (Å²) in [6.45, 7) is 3.50. The summed E-state index contributed by atoms with van der Waals surface area (Å²) in [7, 11) is -2.25. The number of aliphatic carboxylic acids is 1. The van der Waals surface area contributed by atoms with Gasteiger partial charge in [-0.05, 0) is 54.8 Å². The number of aryl methyl sites for hydroxylation is 1. The Morgan fingerprint density at radius 3 is 2.50 bits per heavy atom. The average molecular weight is 470 g/mol. The van der Waals surface area contributed by atoms with E-state index in [0.29, 0.717) is 5.75 Å². The zero-order valence-electron chi connectivity index (χ0n) is 17.2. The molecule has 11 heteroatoms. The lowest BCUT2D eigenvalue weighted by Crippen LogP contribution is -2.21. The first kappa shape index (κ1) is 23.6. The molecule has 0 unspecified atom stereocenters. The Kier molecular flexibility index (Phi) is 6.51. The molecule has 0 fully saturated rings. The van der Waals surface area contributed by atoms with Gasteiger partial charge in [-0.3, -0.25) is 0 Å². The topological polar surface area (TPSA) is 97.6 Å². The molecule has 4 rings (SSSR count). The van der Waals surface area contributed by atoms with Crippen molar-refractivity contribution in [3.63, 3.8) is 0 Å². The van der Waals surface area contributed by atoms with E-state index in [0.717, 1.165) is 47.1 Å². The van der Waals surface area contributed by atoms with Crippen LogP contribution in [0.3, 0.4) is 0 Å². The smallest absolute Gasteiger partial charge is 0.490 e. The van der Waals surface area contributed by atoms with Crippen molar-refractivity contribution in [3.8, 4) is 5.75 Å². The average Bonchev–Trinajstić information content (AvgIpc) is 2.98. The number of carboxylic acid groups (broad SMARTS) is 1. The lowest BCUT2D eigenvalue weighted by molar-refractivity contribution is -0.192. The van der Waals surface area contributed by atoms with Gasteiger partial charge in [0.2, 0.25) is 0 Å². The summed E-state index contributed by atoms with van der Waals surface area (Å²) in [5, 5.41) is 11.5. The molecule has 0 bridgehead atoms. The van der Waals surface area contributed by atoms with Crippen molar-refractivity contribution in [1.82, 2.24) is 9.29 Å². The number of methoxy groups -OCH3 is 1. The molecule has 0 saturated heterocycles. The second kappa shape index (κ2) is 8.83. The molecule has 0 amide bonds. The Bertz CT molecular complexity index is 1270. The maximum Gasteiger partial charge on any atom is 0.490 e. The molecule has 0 spiro atoms. The first-order valence-electron chi connectivity index (χ1n) is 9.49. The number of alkyl halides is 3. The molecule has 2 heterocycles. The molecule has 1 aromatic heterocycles. The van der Waals surface area contributed by atoms with E-state index in [4.69, 9.17) is 14.6 Å². The molecule has 2 aromatic carbocycles. The molecule has 1 aliphatic rings. The minimum atomic E-state index is -5.08. The monoisotopic (exact) mass is 470 g/mol. The van der Waals surface area contributed by atoms with Gasteiger partial charge in [0.1, 0.15) is 10.6 Å². The number of halogens is 3. The van der Waals surface area contributed by atoms with Gasteiger partial charge in [-0.25, -0.2) is 17.2 Å². The fourth-order valence-corrected chi connectivity index (χ4v) is 5.02. The van der Waals surface area contributed by atoms with Crippen molar-refractivity contribution in [3.05, 3.63) is 59.3 Å². The lowest BCUT2D eigenvalue weighted by atomic mass is 10.1. The number of carboxylic acids is 1. The standard InChI is InChI=1S/C19H20N2O3S.C2HF3O2/c1-13-6-7-18(17(10-13)24-2)25(22,23)21-12-15-8-9-20-11-14-4-3-5-16(21)19(14)15;3-2(4,5)1(6)7/h3-7,10,12,20H,8-9,11H2,1-2H3;(H,6,7). The molecule has 32 heavy (non-hydrogen) atoms. The summed E-state index contributed by atoms with van der Waals surface area (Å²) in [5.41, 5.74) is 3.87. The lowest BCUT2D eigenvalue weighted by Gasteiger charge is -2.12. The number of benzene rings is 2. The number of rotatable bonds is 3. The minimum Gasteiger partial charge on any atom is -0.495 e. The van der Waals surface area contributed by atoms with Crippen molar-refractivity contribution in [1.29, 1.82) is 0 Å². The highest BCUT2D eigenvalue weighted by Gasteiger charge is 2.38. The molecular formula is C21H21F3N2O5S. The van der Waals surface area contributed by atoms with Crippen LogP contribution >= 0.6 is 0 Å². The highest BCUT2D eigenvalue weighted by molar-refractivity contribution is 7.90. The Labute approximate surface area is 182 Å². The van der Waals surface area contributed by atoms with Gasteiger partial charge in [-0.1, -0.05) is 18.2 Å². The SMILES string of the molecule is COc1cc(C)ccc1S(=O)(=O)n1cc2c3c(cccc31)CNCC2.O=C(O)C(F)(F)F. The quantitative estimate of drug-likeness (QED) is 0.609. The molecule has 0 aliphatic carbocycles. The molecule has 3 aromatic rings. The molecule has 2 N–H and O–H groups in total. The van der Waals surface area contributed by atoms with E-state index in [1.54, 1.807) is 24.4 Å². The third-order valence-corrected chi connectivity index (χ3v) is 6.66. The number of hydrogen-bond acceptors (Lipinski definition) is 5. The van der Waals surface area contributed by atoms with Crippen LogP contribution in [0.4, 0.5) is 13.2 Å². The van der Waals surface area contributed by atoms with E-state index in [1.807, 2.05) is 25.1 Å². The fraction of sp³-hybridized carbons (Fsp3) is 0.286. The maximum absolute atomic E-state index is 13.4. The fourth-order valence-electron chi connectivity index (χ4n) is 3.49. The van der Waals surface area contributed by atoms with Gasteiger partial charge in [0.25, 0.3) is 10.0 Å². The van der Waals surface area contributed by atoms with Crippen LogP contribution in [-0.4, -0.2) is 43.3 Å². The Balaban J connectivity index is 0.000000360. The Hall–Kier alpha value is -3.05. The van der Waals surface area contributed by atoms with Gasteiger partial charge in [0.05, 0.1) is 12.6 Å². The van der Waals surface area contributed by atoms with Crippen LogP contribution in [0, 0.1) is 6.92 Å². The third kappa shape index (κ3) is 4.58. The molecule has 0 radical (unpaired) electrons. The van der Waals surface area contributed by atoms with E-state index in [2.05, 4.69) is 5.32 Å². The van der Waals surface area contributed by atoms with E-state index < -0.39 is 22.2 Å². The third-order valence-electron chi connectivity index (χ3n) is 4.95. The second-order valence-electron chi connectivity index (χ2n) is 7.15. The van der Waals surface area contributed by atoms with Crippen molar-refractivity contribution in [2.45, 2.75) is 31.0 Å². The van der Waals surface area contributed by atoms with Crippen LogP contribution in [0.15, 0.2) is 47.5 Å². The first-order chi connectivity index (χ1) is 15.0. The van der Waals surface area contributed by atoms with Crippen LogP contribution < -0.4 is 10.1 Å². The summed E-state index contributed by atoms with van der Waals surface area (Å²) in [6.07, 6.45) is -2.52. The maximum atomic E-state index is 13.4. The van der Waals surface area contributed by atoms with Gasteiger partial charge in [0, 0.05) is 18.1 Å². The second-order valence-corrected chi connectivity index (χ2v) is 8.93. The number of nitrogens with one attached hydrogen (secondary N) is 1. The summed E-state index contributed by atoms with van der Waals surface area (Å²) in [4.78, 5) is 9.08. The van der Waals surface area contributed by atoms with E-state index in [9.17, 15) is 21.6 Å². The van der Waals surface area contributed by atoms with Crippen LogP contribution in [0.1, 0.15) is 16.7 Å². The highest BCUT2D eigenvalue weighted by Crippen LogP contribution is 2.33. The normalized spacial score (nSPS) is 13.8. The highest BCUT2D eigenvalue weighted by atomic mass is 32.2. The largest absolute Gasteiger partial charge is 0.495 e. The molecule has 0 atom stereocenters. The number of hydrogen-bond donors (Lipinski definition) is 2. The predicted molar refractivity (Wildman–Crippen MR) is 111 cm³/mol. The van der Waals surface area contributed by atoms with Crippen molar-refractivity contribution in [2.24, 2.45) is 0 Å². The Morgan fingerprint density at radius 1 is 1.19 bits per heavy atom. The first-order valence-corrected chi connectivity index (χ1v) is 10.9. The van der Waals surface area contributed by atoms with Gasteiger partial charge in [0.15, 0.2) is 0 Å². The van der Waals surface area contributed by atoms with Gasteiger partial charge < -0.3 is 15.2 Å². The van der Waals surface area contributed by atoms with E-state index in [-0.39, 0.29) is 4.90 Å². The summed E-state index contributed by atoms with van der Waals surface area (Å²) in [5.74, 6) is -2.39.